The quantitative estimate of drug-likeness (QED) is 0.724. The van der Waals surface area contributed by atoms with Gasteiger partial charge in [0, 0.05) is 37.7 Å². The Morgan fingerprint density at radius 2 is 1.45 bits per heavy atom. The Bertz CT molecular complexity index is 853. The van der Waals surface area contributed by atoms with Gasteiger partial charge in [0.15, 0.2) is 0 Å². The molecule has 2 aliphatic heterocycles. The van der Waals surface area contributed by atoms with Gasteiger partial charge >= 0.3 is 6.18 Å². The molecule has 0 radical (unpaired) electrons. The van der Waals surface area contributed by atoms with Crippen LogP contribution in [0.4, 0.5) is 13.2 Å². The lowest BCUT2D eigenvalue weighted by atomic mass is 10.0. The van der Waals surface area contributed by atoms with E-state index >= 15 is 0 Å². The summed E-state index contributed by atoms with van der Waals surface area (Å²) in [5.74, 6) is 0.994. The van der Waals surface area contributed by atoms with Gasteiger partial charge in [0.2, 0.25) is 5.91 Å². The van der Waals surface area contributed by atoms with Gasteiger partial charge in [0.25, 0.3) is 0 Å². The second-order valence-corrected chi connectivity index (χ2v) is 8.45. The molecule has 0 aromatic heterocycles. The van der Waals surface area contributed by atoms with Gasteiger partial charge in [-0.25, -0.2) is 0 Å². The van der Waals surface area contributed by atoms with Crippen molar-refractivity contribution in [2.75, 3.05) is 26.2 Å². The maximum atomic E-state index is 12.7. The zero-order chi connectivity index (χ0) is 20.6. The molecular formula is C22H22ClF3N2O. The van der Waals surface area contributed by atoms with Crippen molar-refractivity contribution >= 4 is 17.5 Å². The topological polar surface area (TPSA) is 23.6 Å². The van der Waals surface area contributed by atoms with Crippen LogP contribution in [0.2, 0.25) is 5.02 Å². The second kappa shape index (κ2) is 8.00. The summed E-state index contributed by atoms with van der Waals surface area (Å²) in [6.45, 7) is 3.89. The summed E-state index contributed by atoms with van der Waals surface area (Å²) < 4.78 is 38.1. The Morgan fingerprint density at radius 3 is 2.00 bits per heavy atom. The number of carbonyl (C=O) groups is 1. The van der Waals surface area contributed by atoms with Crippen molar-refractivity contribution in [3.63, 3.8) is 0 Å². The highest BCUT2D eigenvalue weighted by atomic mass is 35.5. The summed E-state index contributed by atoms with van der Waals surface area (Å²) in [5.41, 5.74) is 1.23. The third-order valence-corrected chi connectivity index (χ3v) is 6.12. The third kappa shape index (κ3) is 4.75. The van der Waals surface area contributed by atoms with E-state index in [1.807, 2.05) is 17.0 Å². The molecule has 2 aromatic rings. The average Bonchev–Trinajstić information content (AvgIpc) is 3.22. The van der Waals surface area contributed by atoms with Crippen molar-refractivity contribution in [1.82, 2.24) is 9.80 Å². The summed E-state index contributed by atoms with van der Waals surface area (Å²) in [7, 11) is 0. The molecule has 2 aliphatic rings. The molecule has 0 saturated carbocycles. The van der Waals surface area contributed by atoms with Gasteiger partial charge in [0.1, 0.15) is 0 Å². The SMILES string of the molecule is O=C(Cc1ccc(Cl)cc1)N1CC2CN(Cc3ccc(C(F)(F)F)cc3)CC2C1. The molecule has 154 valence electrons. The van der Waals surface area contributed by atoms with Gasteiger partial charge in [-0.3, -0.25) is 9.69 Å². The summed E-state index contributed by atoms with van der Waals surface area (Å²) in [4.78, 5) is 16.8. The molecule has 2 unspecified atom stereocenters. The molecule has 29 heavy (non-hydrogen) atoms. The fraction of sp³-hybridized carbons (Fsp3) is 0.409. The number of carbonyl (C=O) groups excluding carboxylic acids is 1. The van der Waals surface area contributed by atoms with Crippen molar-refractivity contribution in [2.24, 2.45) is 11.8 Å². The first-order valence-corrected chi connectivity index (χ1v) is 10.1. The van der Waals surface area contributed by atoms with Crippen LogP contribution in [-0.2, 0) is 23.9 Å². The molecule has 4 rings (SSSR count). The molecule has 0 bridgehead atoms. The van der Waals surface area contributed by atoms with Crippen LogP contribution in [-0.4, -0.2) is 41.9 Å². The number of amides is 1. The molecule has 2 fully saturated rings. The van der Waals surface area contributed by atoms with Crippen LogP contribution >= 0.6 is 11.6 Å². The third-order valence-electron chi connectivity index (χ3n) is 5.87. The van der Waals surface area contributed by atoms with Gasteiger partial charge in [-0.2, -0.15) is 13.2 Å². The molecular weight excluding hydrogens is 401 g/mol. The zero-order valence-corrected chi connectivity index (χ0v) is 16.6. The van der Waals surface area contributed by atoms with Gasteiger partial charge in [-0.05, 0) is 47.2 Å². The van der Waals surface area contributed by atoms with E-state index in [0.717, 1.165) is 49.4 Å². The monoisotopic (exact) mass is 422 g/mol. The van der Waals surface area contributed by atoms with Crippen molar-refractivity contribution in [3.05, 3.63) is 70.2 Å². The average molecular weight is 423 g/mol. The fourth-order valence-corrected chi connectivity index (χ4v) is 4.50. The largest absolute Gasteiger partial charge is 0.416 e. The molecule has 1 amide bonds. The van der Waals surface area contributed by atoms with E-state index in [0.29, 0.717) is 29.8 Å². The van der Waals surface area contributed by atoms with Gasteiger partial charge < -0.3 is 4.90 Å². The molecule has 2 aromatic carbocycles. The zero-order valence-electron chi connectivity index (χ0n) is 15.8. The maximum absolute atomic E-state index is 12.7. The predicted molar refractivity (Wildman–Crippen MR) is 105 cm³/mol. The van der Waals surface area contributed by atoms with Gasteiger partial charge in [-0.1, -0.05) is 35.9 Å². The highest BCUT2D eigenvalue weighted by Gasteiger charge is 2.41. The number of fused-ring (bicyclic) bond motifs is 1. The Labute approximate surface area is 173 Å². The normalized spacial score (nSPS) is 22.1. The van der Waals surface area contributed by atoms with Crippen LogP contribution in [0.25, 0.3) is 0 Å². The molecule has 2 saturated heterocycles. The summed E-state index contributed by atoms with van der Waals surface area (Å²) in [6.07, 6.45) is -3.92. The Hall–Kier alpha value is -2.05. The number of alkyl halides is 3. The second-order valence-electron chi connectivity index (χ2n) is 8.01. The Kier molecular flexibility index (Phi) is 5.58. The lowest BCUT2D eigenvalue weighted by Crippen LogP contribution is -2.34. The van der Waals surface area contributed by atoms with Crippen molar-refractivity contribution in [1.29, 1.82) is 0 Å². The molecule has 3 nitrogen and oxygen atoms in total. The minimum Gasteiger partial charge on any atom is -0.342 e. The van der Waals surface area contributed by atoms with E-state index in [4.69, 9.17) is 11.6 Å². The van der Waals surface area contributed by atoms with E-state index in [2.05, 4.69) is 4.90 Å². The van der Waals surface area contributed by atoms with Gasteiger partial charge in [-0.15, -0.1) is 0 Å². The fourth-order valence-electron chi connectivity index (χ4n) is 4.37. The number of benzene rings is 2. The molecule has 7 heteroatoms. The minimum absolute atomic E-state index is 0.135. The Morgan fingerprint density at radius 1 is 0.897 bits per heavy atom. The lowest BCUT2D eigenvalue weighted by Gasteiger charge is -2.22. The van der Waals surface area contributed by atoms with Crippen LogP contribution in [0.3, 0.4) is 0 Å². The highest BCUT2D eigenvalue weighted by molar-refractivity contribution is 6.30. The standard InChI is InChI=1S/C22H22ClF3N2O/c23-20-7-3-15(4-8-20)9-21(29)28-13-17-11-27(12-18(17)14-28)10-16-1-5-19(6-2-16)22(24,25)26/h1-8,17-18H,9-14H2. The van der Waals surface area contributed by atoms with Crippen LogP contribution < -0.4 is 0 Å². The van der Waals surface area contributed by atoms with Crippen LogP contribution in [0, 0.1) is 11.8 Å². The van der Waals surface area contributed by atoms with Gasteiger partial charge in [0.05, 0.1) is 12.0 Å². The molecule has 2 atom stereocenters. The number of hydrogen-bond donors (Lipinski definition) is 0. The van der Waals surface area contributed by atoms with E-state index < -0.39 is 11.7 Å². The smallest absolute Gasteiger partial charge is 0.342 e. The minimum atomic E-state index is -4.30. The first-order chi connectivity index (χ1) is 13.8. The lowest BCUT2D eigenvalue weighted by molar-refractivity contribution is -0.137. The first-order valence-electron chi connectivity index (χ1n) is 9.68. The summed E-state index contributed by atoms with van der Waals surface area (Å²) in [5, 5.41) is 0.657. The van der Waals surface area contributed by atoms with E-state index in [9.17, 15) is 18.0 Å². The Balaban J connectivity index is 1.28. The first kappa shape index (κ1) is 20.2. The molecule has 0 N–H and O–H groups in total. The number of rotatable bonds is 4. The van der Waals surface area contributed by atoms with Crippen LogP contribution in [0.15, 0.2) is 48.5 Å². The van der Waals surface area contributed by atoms with E-state index in [1.165, 1.54) is 0 Å². The maximum Gasteiger partial charge on any atom is 0.416 e. The van der Waals surface area contributed by atoms with Crippen LogP contribution in [0.5, 0.6) is 0 Å². The predicted octanol–water partition coefficient (Wildman–Crippen LogP) is 4.49. The number of nitrogens with zero attached hydrogens (tertiary/aromatic N) is 2. The molecule has 0 spiro atoms. The summed E-state index contributed by atoms with van der Waals surface area (Å²) >= 11 is 5.89. The van der Waals surface area contributed by atoms with Crippen molar-refractivity contribution in [2.45, 2.75) is 19.1 Å². The number of likely N-dealkylation sites (tertiary alicyclic amines) is 2. The van der Waals surface area contributed by atoms with Crippen molar-refractivity contribution < 1.29 is 18.0 Å². The van der Waals surface area contributed by atoms with E-state index in [-0.39, 0.29) is 5.91 Å². The van der Waals surface area contributed by atoms with Crippen LogP contribution in [0.1, 0.15) is 16.7 Å². The van der Waals surface area contributed by atoms with Crippen molar-refractivity contribution in [3.8, 4) is 0 Å². The molecule has 2 heterocycles. The number of hydrogen-bond acceptors (Lipinski definition) is 2. The highest BCUT2D eigenvalue weighted by Crippen LogP contribution is 2.33. The number of halogens is 4. The molecule has 0 aliphatic carbocycles. The summed E-state index contributed by atoms with van der Waals surface area (Å²) in [6, 6.07) is 12.7. The van der Waals surface area contributed by atoms with E-state index in [1.54, 1.807) is 24.3 Å².